The van der Waals surface area contributed by atoms with Gasteiger partial charge in [-0.05, 0) is 36.4 Å². The van der Waals surface area contributed by atoms with Gasteiger partial charge in [0.25, 0.3) is 0 Å². The monoisotopic (exact) mass is 425 g/mol. The van der Waals surface area contributed by atoms with Crippen LogP contribution in [0.15, 0.2) is 49.1 Å². The van der Waals surface area contributed by atoms with Crippen molar-refractivity contribution < 1.29 is 22.7 Å². The Kier molecular flexibility index (Phi) is 5.92. The fourth-order valence-corrected chi connectivity index (χ4v) is 2.76. The summed E-state index contributed by atoms with van der Waals surface area (Å²) in [5, 5.41) is 9.57. The molecule has 0 unspecified atom stereocenters. The van der Waals surface area contributed by atoms with Gasteiger partial charge in [0.05, 0.1) is 35.6 Å². The first-order chi connectivity index (χ1) is 13.8. The molecular formula is C18H15ClF3N5O2. The third-order valence-corrected chi connectivity index (χ3v) is 4.16. The normalized spacial score (nSPS) is 11.2. The van der Waals surface area contributed by atoms with Gasteiger partial charge >= 0.3 is 6.18 Å². The molecule has 0 aliphatic carbocycles. The highest BCUT2D eigenvalue weighted by Crippen LogP contribution is 2.33. The SMILES string of the molecule is COc1ccc(NCC(=O)Nc2cc(C(F)(F)F)ccc2-n2cncn2)cc1Cl. The van der Waals surface area contributed by atoms with Crippen molar-refractivity contribution in [2.75, 3.05) is 24.3 Å². The van der Waals surface area contributed by atoms with Gasteiger partial charge in [-0.1, -0.05) is 11.6 Å². The molecule has 0 saturated heterocycles. The molecule has 7 nitrogen and oxygen atoms in total. The van der Waals surface area contributed by atoms with E-state index in [1.807, 2.05) is 0 Å². The van der Waals surface area contributed by atoms with E-state index in [9.17, 15) is 18.0 Å². The first kappa shape index (κ1) is 20.5. The number of methoxy groups -OCH3 is 1. The van der Waals surface area contributed by atoms with Crippen LogP contribution in [0.4, 0.5) is 24.5 Å². The second-order valence-electron chi connectivity index (χ2n) is 5.82. The molecule has 3 aromatic rings. The lowest BCUT2D eigenvalue weighted by atomic mass is 10.1. The molecule has 1 aromatic heterocycles. The number of rotatable bonds is 6. The maximum atomic E-state index is 13.1. The van der Waals surface area contributed by atoms with Gasteiger partial charge in [-0.2, -0.15) is 18.3 Å². The zero-order valence-corrected chi connectivity index (χ0v) is 15.8. The number of nitrogens with one attached hydrogen (secondary N) is 2. The lowest BCUT2D eigenvalue weighted by Crippen LogP contribution is -2.23. The van der Waals surface area contributed by atoms with E-state index < -0.39 is 17.6 Å². The summed E-state index contributed by atoms with van der Waals surface area (Å²) >= 11 is 6.02. The van der Waals surface area contributed by atoms with Crippen molar-refractivity contribution >= 4 is 28.9 Å². The predicted molar refractivity (Wildman–Crippen MR) is 101 cm³/mol. The third kappa shape index (κ3) is 4.96. The molecule has 0 bridgehead atoms. The van der Waals surface area contributed by atoms with E-state index >= 15 is 0 Å². The minimum atomic E-state index is -4.56. The van der Waals surface area contributed by atoms with Crippen molar-refractivity contribution in [3.05, 3.63) is 59.6 Å². The molecule has 0 radical (unpaired) electrons. The average Bonchev–Trinajstić information content (AvgIpc) is 3.20. The standard InChI is InChI=1S/C18H15ClF3N5O2/c1-29-16-5-3-12(7-13(16)19)24-8-17(28)26-14-6-11(18(20,21)22)2-4-15(14)27-10-23-9-25-27/h2-7,9-10,24H,8H2,1H3,(H,26,28). The molecule has 0 saturated carbocycles. The molecule has 0 fully saturated rings. The Labute approximate surface area is 168 Å². The van der Waals surface area contributed by atoms with Crippen LogP contribution >= 0.6 is 11.6 Å². The number of alkyl halides is 3. The topological polar surface area (TPSA) is 81.1 Å². The number of ether oxygens (including phenoxy) is 1. The van der Waals surface area contributed by atoms with E-state index in [0.29, 0.717) is 16.5 Å². The van der Waals surface area contributed by atoms with E-state index in [0.717, 1.165) is 12.1 Å². The van der Waals surface area contributed by atoms with Crippen LogP contribution in [-0.2, 0) is 11.0 Å². The number of hydrogen-bond acceptors (Lipinski definition) is 5. The van der Waals surface area contributed by atoms with Gasteiger partial charge in [0.1, 0.15) is 18.4 Å². The Bertz CT molecular complexity index is 1010. The molecule has 152 valence electrons. The lowest BCUT2D eigenvalue weighted by Gasteiger charge is -2.15. The molecule has 0 aliphatic heterocycles. The highest BCUT2D eigenvalue weighted by Gasteiger charge is 2.31. The summed E-state index contributed by atoms with van der Waals surface area (Å²) in [6, 6.07) is 7.81. The fraction of sp³-hybridized carbons (Fsp3) is 0.167. The van der Waals surface area contributed by atoms with E-state index in [1.54, 1.807) is 18.2 Å². The molecular weight excluding hydrogens is 411 g/mol. The number of amides is 1. The number of halogens is 4. The van der Waals surface area contributed by atoms with Crippen LogP contribution in [0, 0.1) is 0 Å². The number of carbonyl (C=O) groups is 1. The van der Waals surface area contributed by atoms with Gasteiger partial charge in [0.15, 0.2) is 0 Å². The van der Waals surface area contributed by atoms with Crippen LogP contribution in [0.25, 0.3) is 5.69 Å². The number of carbonyl (C=O) groups excluding carboxylic acids is 1. The minimum Gasteiger partial charge on any atom is -0.495 e. The maximum Gasteiger partial charge on any atom is 0.416 e. The van der Waals surface area contributed by atoms with Crippen molar-refractivity contribution in [3.8, 4) is 11.4 Å². The van der Waals surface area contributed by atoms with Crippen molar-refractivity contribution in [1.29, 1.82) is 0 Å². The Morgan fingerprint density at radius 3 is 2.66 bits per heavy atom. The van der Waals surface area contributed by atoms with Gasteiger partial charge in [0.2, 0.25) is 5.91 Å². The Morgan fingerprint density at radius 1 is 1.24 bits per heavy atom. The zero-order chi connectivity index (χ0) is 21.0. The van der Waals surface area contributed by atoms with Crippen LogP contribution in [0.5, 0.6) is 5.75 Å². The number of hydrogen-bond donors (Lipinski definition) is 2. The molecule has 1 heterocycles. The zero-order valence-electron chi connectivity index (χ0n) is 15.0. The second kappa shape index (κ2) is 8.39. The van der Waals surface area contributed by atoms with Crippen LogP contribution in [0.2, 0.25) is 5.02 Å². The van der Waals surface area contributed by atoms with E-state index in [4.69, 9.17) is 16.3 Å². The average molecular weight is 426 g/mol. The molecule has 0 atom stereocenters. The van der Waals surface area contributed by atoms with Gasteiger partial charge in [-0.3, -0.25) is 4.79 Å². The first-order valence-electron chi connectivity index (χ1n) is 8.21. The summed E-state index contributed by atoms with van der Waals surface area (Å²) < 4.78 is 45.5. The molecule has 0 spiro atoms. The van der Waals surface area contributed by atoms with Crippen LogP contribution < -0.4 is 15.4 Å². The number of aromatic nitrogens is 3. The van der Waals surface area contributed by atoms with Gasteiger partial charge in [-0.25, -0.2) is 9.67 Å². The summed E-state index contributed by atoms with van der Waals surface area (Å²) in [7, 11) is 1.48. The number of nitrogens with zero attached hydrogens (tertiary/aromatic N) is 3. The summed E-state index contributed by atoms with van der Waals surface area (Å²) in [5.41, 5.74) is -0.153. The van der Waals surface area contributed by atoms with E-state index in [-0.39, 0.29) is 17.9 Å². The smallest absolute Gasteiger partial charge is 0.416 e. The molecule has 1 amide bonds. The highest BCUT2D eigenvalue weighted by atomic mass is 35.5. The van der Waals surface area contributed by atoms with Gasteiger partial charge < -0.3 is 15.4 Å². The Morgan fingerprint density at radius 2 is 2.03 bits per heavy atom. The molecule has 11 heteroatoms. The number of benzene rings is 2. The largest absolute Gasteiger partial charge is 0.495 e. The second-order valence-corrected chi connectivity index (χ2v) is 6.23. The van der Waals surface area contributed by atoms with Crippen molar-refractivity contribution in [3.63, 3.8) is 0 Å². The van der Waals surface area contributed by atoms with Gasteiger partial charge in [-0.15, -0.1) is 0 Å². The lowest BCUT2D eigenvalue weighted by molar-refractivity contribution is -0.137. The van der Waals surface area contributed by atoms with Crippen molar-refractivity contribution in [2.24, 2.45) is 0 Å². The highest BCUT2D eigenvalue weighted by molar-refractivity contribution is 6.32. The first-order valence-corrected chi connectivity index (χ1v) is 8.59. The molecule has 2 aromatic carbocycles. The summed E-state index contributed by atoms with van der Waals surface area (Å²) in [4.78, 5) is 16.1. The molecule has 2 N–H and O–H groups in total. The van der Waals surface area contributed by atoms with Crippen LogP contribution in [0.1, 0.15) is 5.56 Å². The molecule has 29 heavy (non-hydrogen) atoms. The van der Waals surface area contributed by atoms with Crippen molar-refractivity contribution in [2.45, 2.75) is 6.18 Å². The van der Waals surface area contributed by atoms with Gasteiger partial charge in [0, 0.05) is 5.69 Å². The summed E-state index contributed by atoms with van der Waals surface area (Å²) in [5.74, 6) is -0.0826. The summed E-state index contributed by atoms with van der Waals surface area (Å²) in [6.45, 7) is -0.199. The predicted octanol–water partition coefficient (Wildman–Crippen LogP) is 4.00. The fourth-order valence-electron chi connectivity index (χ4n) is 2.50. The van der Waals surface area contributed by atoms with Crippen molar-refractivity contribution in [1.82, 2.24) is 14.8 Å². The van der Waals surface area contributed by atoms with E-state index in [1.165, 1.54) is 30.5 Å². The van der Waals surface area contributed by atoms with Crippen LogP contribution in [0.3, 0.4) is 0 Å². The number of anilines is 2. The van der Waals surface area contributed by atoms with E-state index in [2.05, 4.69) is 20.7 Å². The Balaban J connectivity index is 1.77. The quantitative estimate of drug-likeness (QED) is 0.624. The van der Waals surface area contributed by atoms with Crippen LogP contribution in [-0.4, -0.2) is 34.3 Å². The third-order valence-electron chi connectivity index (χ3n) is 3.87. The molecule has 0 aliphatic rings. The summed E-state index contributed by atoms with van der Waals surface area (Å²) in [6.07, 6.45) is -2.01. The molecule has 3 rings (SSSR count). The Hall–Kier alpha value is -3.27. The maximum absolute atomic E-state index is 13.1. The minimum absolute atomic E-state index is 0.0510.